The topological polar surface area (TPSA) is 84.5 Å². The lowest BCUT2D eigenvalue weighted by molar-refractivity contribution is -0.155. The molecular weight excluding hydrogens is 260 g/mol. The van der Waals surface area contributed by atoms with Crippen molar-refractivity contribution >= 4 is 17.8 Å². The third-order valence-electron chi connectivity index (χ3n) is 2.55. The minimum Gasteiger partial charge on any atom is -0.460 e. The summed E-state index contributed by atoms with van der Waals surface area (Å²) < 4.78 is 5.11. The van der Waals surface area contributed by atoms with Gasteiger partial charge in [-0.25, -0.2) is 0 Å². The molecule has 0 bridgehead atoms. The summed E-state index contributed by atoms with van der Waals surface area (Å²) in [5, 5.41) is 5.19. The van der Waals surface area contributed by atoms with E-state index in [1.165, 1.54) is 0 Å². The summed E-state index contributed by atoms with van der Waals surface area (Å²) in [4.78, 5) is 34.6. The van der Waals surface area contributed by atoms with Crippen LogP contribution in [0.3, 0.4) is 0 Å². The number of hydrogen-bond acceptors (Lipinski definition) is 4. The first-order chi connectivity index (χ1) is 8.98. The van der Waals surface area contributed by atoms with Crippen LogP contribution in [0.15, 0.2) is 0 Å². The summed E-state index contributed by atoms with van der Waals surface area (Å²) in [6.45, 7) is 9.02. The second kappa shape index (κ2) is 7.26. The first-order valence-electron chi connectivity index (χ1n) is 6.68. The van der Waals surface area contributed by atoms with Gasteiger partial charge in [-0.3, -0.25) is 14.4 Å². The maximum Gasteiger partial charge on any atom is 0.306 e. The maximum atomic E-state index is 11.6. The van der Waals surface area contributed by atoms with Gasteiger partial charge in [0.1, 0.15) is 5.60 Å². The summed E-state index contributed by atoms with van der Waals surface area (Å²) in [7, 11) is 1.55. The molecule has 0 rings (SSSR count). The summed E-state index contributed by atoms with van der Waals surface area (Å²) in [5.74, 6) is -0.823. The Bertz CT molecular complexity index is 370. The number of hydrogen-bond donors (Lipinski definition) is 2. The summed E-state index contributed by atoms with van der Waals surface area (Å²) >= 11 is 0. The largest absolute Gasteiger partial charge is 0.460 e. The molecule has 0 atom stereocenters. The van der Waals surface area contributed by atoms with Crippen LogP contribution in [0.4, 0.5) is 0 Å². The highest BCUT2D eigenvalue weighted by molar-refractivity contribution is 5.84. The summed E-state index contributed by atoms with van der Waals surface area (Å²) in [6.07, 6.45) is 0.0856. The fourth-order valence-electron chi connectivity index (χ4n) is 1.43. The minimum absolute atomic E-state index is 0.0313. The highest BCUT2D eigenvalue weighted by atomic mass is 16.6. The van der Waals surface area contributed by atoms with Crippen molar-refractivity contribution in [1.82, 2.24) is 10.6 Å². The number of carbonyl (C=O) groups excluding carboxylic acids is 3. The summed E-state index contributed by atoms with van der Waals surface area (Å²) in [6, 6.07) is 0. The Morgan fingerprint density at radius 2 is 1.55 bits per heavy atom. The third-order valence-corrected chi connectivity index (χ3v) is 2.55. The predicted molar refractivity (Wildman–Crippen MR) is 75.9 cm³/mol. The van der Waals surface area contributed by atoms with Gasteiger partial charge in [0.25, 0.3) is 0 Å². The number of amides is 2. The van der Waals surface area contributed by atoms with Gasteiger partial charge in [0.05, 0.1) is 11.8 Å². The highest BCUT2D eigenvalue weighted by Gasteiger charge is 2.27. The molecule has 116 valence electrons. The van der Waals surface area contributed by atoms with Gasteiger partial charge in [0.15, 0.2) is 0 Å². The molecule has 0 aromatic carbocycles. The van der Waals surface area contributed by atoms with Crippen molar-refractivity contribution in [3.63, 3.8) is 0 Å². The molecule has 0 saturated heterocycles. The normalized spacial score (nSPS) is 11.7. The van der Waals surface area contributed by atoms with E-state index in [1.54, 1.807) is 41.7 Å². The van der Waals surface area contributed by atoms with Crippen LogP contribution in [0.1, 0.15) is 47.5 Å². The zero-order valence-electron chi connectivity index (χ0n) is 13.3. The number of ether oxygens (including phenoxy) is 1. The van der Waals surface area contributed by atoms with Crippen LogP contribution in [0, 0.1) is 5.41 Å². The monoisotopic (exact) mass is 286 g/mol. The van der Waals surface area contributed by atoms with E-state index in [0.29, 0.717) is 0 Å². The first kappa shape index (κ1) is 18.4. The van der Waals surface area contributed by atoms with Crippen molar-refractivity contribution in [1.29, 1.82) is 0 Å². The van der Waals surface area contributed by atoms with Gasteiger partial charge < -0.3 is 15.4 Å². The lowest BCUT2D eigenvalue weighted by Crippen LogP contribution is -2.43. The van der Waals surface area contributed by atoms with E-state index in [9.17, 15) is 14.4 Å². The molecule has 0 heterocycles. The molecule has 0 saturated carbocycles. The van der Waals surface area contributed by atoms with Gasteiger partial charge in [0, 0.05) is 20.0 Å². The molecule has 0 spiro atoms. The van der Waals surface area contributed by atoms with Crippen molar-refractivity contribution in [3.05, 3.63) is 0 Å². The Kier molecular flexibility index (Phi) is 6.68. The molecule has 0 aliphatic carbocycles. The van der Waals surface area contributed by atoms with Gasteiger partial charge in [-0.1, -0.05) is 0 Å². The number of nitrogens with one attached hydrogen (secondary N) is 2. The van der Waals surface area contributed by atoms with Crippen molar-refractivity contribution in [3.8, 4) is 0 Å². The van der Waals surface area contributed by atoms with Crippen LogP contribution in [0.2, 0.25) is 0 Å². The van der Waals surface area contributed by atoms with E-state index in [2.05, 4.69) is 10.6 Å². The molecule has 0 aromatic heterocycles. The smallest absolute Gasteiger partial charge is 0.306 e. The molecular formula is C14H26N2O4. The minimum atomic E-state index is -0.684. The van der Waals surface area contributed by atoms with Gasteiger partial charge >= 0.3 is 5.97 Å². The predicted octanol–water partition coefficient (Wildman–Crippen LogP) is 0.997. The molecule has 0 fully saturated rings. The van der Waals surface area contributed by atoms with Crippen molar-refractivity contribution in [2.24, 2.45) is 5.41 Å². The van der Waals surface area contributed by atoms with Crippen LogP contribution in [0.25, 0.3) is 0 Å². The molecule has 0 aliphatic heterocycles. The number of esters is 1. The van der Waals surface area contributed by atoms with Gasteiger partial charge in [0.2, 0.25) is 11.8 Å². The Morgan fingerprint density at radius 1 is 1.00 bits per heavy atom. The average molecular weight is 286 g/mol. The van der Waals surface area contributed by atoms with E-state index in [1.807, 2.05) is 0 Å². The standard InChI is InChI=1S/C14H26N2O4/c1-13(2,3)20-11(18)8-7-10(17)16-9-14(4,5)12(19)15-6/h7-9H2,1-6H3,(H,15,19)(H,16,17). The third kappa shape index (κ3) is 7.76. The lowest BCUT2D eigenvalue weighted by atomic mass is 9.92. The van der Waals surface area contributed by atoms with Gasteiger partial charge in [-0.05, 0) is 34.6 Å². The Morgan fingerprint density at radius 3 is 2.00 bits per heavy atom. The highest BCUT2D eigenvalue weighted by Crippen LogP contribution is 2.13. The van der Waals surface area contributed by atoms with Crippen LogP contribution >= 0.6 is 0 Å². The quantitative estimate of drug-likeness (QED) is 0.713. The van der Waals surface area contributed by atoms with Crippen molar-refractivity contribution in [2.75, 3.05) is 13.6 Å². The average Bonchev–Trinajstić information content (AvgIpc) is 2.30. The van der Waals surface area contributed by atoms with Crippen LogP contribution < -0.4 is 10.6 Å². The number of rotatable bonds is 6. The SMILES string of the molecule is CNC(=O)C(C)(C)CNC(=O)CCC(=O)OC(C)(C)C. The van der Waals surface area contributed by atoms with Crippen LogP contribution in [0.5, 0.6) is 0 Å². The van der Waals surface area contributed by atoms with Gasteiger partial charge in [-0.2, -0.15) is 0 Å². The fraction of sp³-hybridized carbons (Fsp3) is 0.786. The van der Waals surface area contributed by atoms with E-state index in [-0.39, 0.29) is 31.2 Å². The molecule has 2 N–H and O–H groups in total. The Labute approximate surface area is 120 Å². The Balaban J connectivity index is 4.08. The van der Waals surface area contributed by atoms with Gasteiger partial charge in [-0.15, -0.1) is 0 Å². The van der Waals surface area contributed by atoms with E-state index in [0.717, 1.165) is 0 Å². The number of carbonyl (C=O) groups is 3. The molecule has 6 heteroatoms. The molecule has 20 heavy (non-hydrogen) atoms. The summed E-state index contributed by atoms with van der Waals surface area (Å²) in [5.41, 5.74) is -1.23. The van der Waals surface area contributed by atoms with E-state index < -0.39 is 17.0 Å². The second-order valence-corrected chi connectivity index (χ2v) is 6.33. The fourth-order valence-corrected chi connectivity index (χ4v) is 1.43. The molecule has 0 aromatic rings. The van der Waals surface area contributed by atoms with E-state index in [4.69, 9.17) is 4.74 Å². The molecule has 0 aliphatic rings. The second-order valence-electron chi connectivity index (χ2n) is 6.33. The van der Waals surface area contributed by atoms with Crippen LogP contribution in [-0.2, 0) is 19.1 Å². The Hall–Kier alpha value is -1.59. The van der Waals surface area contributed by atoms with Crippen LogP contribution in [-0.4, -0.2) is 37.0 Å². The molecule has 0 unspecified atom stereocenters. The molecule has 0 radical (unpaired) electrons. The van der Waals surface area contributed by atoms with E-state index >= 15 is 0 Å². The van der Waals surface area contributed by atoms with Crippen molar-refractivity contribution in [2.45, 2.75) is 53.1 Å². The maximum absolute atomic E-state index is 11.6. The molecule has 6 nitrogen and oxygen atoms in total. The zero-order chi connectivity index (χ0) is 16.0. The van der Waals surface area contributed by atoms with Crippen molar-refractivity contribution < 1.29 is 19.1 Å². The zero-order valence-corrected chi connectivity index (χ0v) is 13.3. The first-order valence-corrected chi connectivity index (χ1v) is 6.68. The molecule has 2 amide bonds. The lowest BCUT2D eigenvalue weighted by Gasteiger charge is -2.23.